The van der Waals surface area contributed by atoms with Crippen molar-refractivity contribution >= 4 is 11.2 Å². The molecule has 0 radical (unpaired) electrons. The molecule has 2 rings (SSSR count). The van der Waals surface area contributed by atoms with Gasteiger partial charge in [-0.05, 0) is 13.8 Å². The molecule has 11 heavy (non-hydrogen) atoms. The lowest BCUT2D eigenvalue weighted by atomic mass is 9.82. The van der Waals surface area contributed by atoms with E-state index in [9.17, 15) is 4.55 Å². The summed E-state index contributed by atoms with van der Waals surface area (Å²) in [5.74, 6) is 1.94. The molecule has 2 aliphatic rings. The predicted molar refractivity (Wildman–Crippen MR) is 47.0 cm³/mol. The quantitative estimate of drug-likeness (QED) is 0.538. The molecule has 0 N–H and O–H groups in total. The number of likely N-dealkylation sites (tertiary alicyclic amines) is 1. The Morgan fingerprint density at radius 2 is 1.91 bits per heavy atom. The first-order valence-corrected chi connectivity index (χ1v) is 5.69. The maximum absolute atomic E-state index is 10.9. The van der Waals surface area contributed by atoms with E-state index < -0.39 is 11.2 Å². The van der Waals surface area contributed by atoms with Crippen LogP contribution in [-0.4, -0.2) is 40.1 Å². The van der Waals surface area contributed by atoms with Crippen LogP contribution in [0, 0.1) is 5.41 Å². The molecule has 0 saturated carbocycles. The average molecular weight is 173 g/mol. The molecular formula is C8H15NOS. The summed E-state index contributed by atoms with van der Waals surface area (Å²) >= 11 is -0.465. The van der Waals surface area contributed by atoms with Gasteiger partial charge in [-0.25, -0.2) is 0 Å². The fraction of sp³-hybridized carbons (Fsp3) is 1.00. The van der Waals surface area contributed by atoms with Crippen LogP contribution in [0.5, 0.6) is 0 Å². The predicted octanol–water partition coefficient (Wildman–Crippen LogP) is 0.459. The van der Waals surface area contributed by atoms with E-state index in [0.29, 0.717) is 11.5 Å². The summed E-state index contributed by atoms with van der Waals surface area (Å²) < 4.78 is 10.9. The highest BCUT2D eigenvalue weighted by Crippen LogP contribution is 2.42. The summed E-state index contributed by atoms with van der Waals surface area (Å²) in [5, 5.41) is 0. The van der Waals surface area contributed by atoms with Gasteiger partial charge in [0.25, 0.3) is 0 Å². The normalized spacial score (nSPS) is 30.5. The monoisotopic (exact) mass is 173 g/mol. The van der Waals surface area contributed by atoms with Crippen molar-refractivity contribution in [2.45, 2.75) is 19.9 Å². The lowest BCUT2D eigenvalue weighted by Gasteiger charge is -2.55. The standard InChI is InChI=1S/C8H15NOS/c1-7(2)9-3-8(4-9)5-11(10)6-8/h7H,3-6H2,1-2H3. The zero-order chi connectivity index (χ0) is 8.06. The highest BCUT2D eigenvalue weighted by atomic mass is 32.2. The first-order valence-electron chi connectivity index (χ1n) is 4.20. The van der Waals surface area contributed by atoms with Crippen molar-refractivity contribution in [1.29, 1.82) is 0 Å². The molecule has 0 aromatic heterocycles. The molecule has 0 atom stereocenters. The van der Waals surface area contributed by atoms with Crippen LogP contribution in [-0.2, 0) is 11.2 Å². The van der Waals surface area contributed by atoms with Crippen molar-refractivity contribution in [3.05, 3.63) is 0 Å². The molecule has 0 unspecified atom stereocenters. The van der Waals surface area contributed by atoms with Gasteiger partial charge in [-0.15, -0.1) is 0 Å². The topological polar surface area (TPSA) is 26.3 Å². The van der Waals surface area contributed by atoms with Crippen LogP contribution in [0.25, 0.3) is 0 Å². The SMILES string of the molecule is CC(C)N1CC2(C1)C[S+]([O-])C2. The van der Waals surface area contributed by atoms with E-state index in [1.807, 2.05) is 0 Å². The van der Waals surface area contributed by atoms with Gasteiger partial charge >= 0.3 is 0 Å². The zero-order valence-corrected chi connectivity index (χ0v) is 7.99. The van der Waals surface area contributed by atoms with Crippen molar-refractivity contribution in [3.63, 3.8) is 0 Å². The molecule has 0 amide bonds. The molecule has 2 nitrogen and oxygen atoms in total. The summed E-state index contributed by atoms with van der Waals surface area (Å²) in [6.07, 6.45) is 0. The van der Waals surface area contributed by atoms with Gasteiger partial charge in [0.05, 0.1) is 5.41 Å². The Hall–Kier alpha value is 0.270. The fourth-order valence-corrected chi connectivity index (χ4v) is 3.65. The minimum Gasteiger partial charge on any atom is -0.616 e. The van der Waals surface area contributed by atoms with Gasteiger partial charge < -0.3 is 4.55 Å². The maximum atomic E-state index is 10.9. The van der Waals surface area contributed by atoms with Crippen molar-refractivity contribution < 1.29 is 4.55 Å². The van der Waals surface area contributed by atoms with E-state index in [2.05, 4.69) is 18.7 Å². The third-order valence-electron chi connectivity index (χ3n) is 2.74. The van der Waals surface area contributed by atoms with E-state index >= 15 is 0 Å². The van der Waals surface area contributed by atoms with Gasteiger partial charge in [0.1, 0.15) is 11.5 Å². The van der Waals surface area contributed by atoms with Crippen LogP contribution >= 0.6 is 0 Å². The number of hydrogen-bond donors (Lipinski definition) is 0. The Morgan fingerprint density at radius 1 is 1.36 bits per heavy atom. The Balaban J connectivity index is 1.80. The second-order valence-electron chi connectivity index (χ2n) is 4.23. The van der Waals surface area contributed by atoms with Gasteiger partial charge in [0.15, 0.2) is 0 Å². The van der Waals surface area contributed by atoms with Crippen LogP contribution in [0.2, 0.25) is 0 Å². The molecule has 3 heteroatoms. The minimum absolute atomic E-state index is 0.465. The van der Waals surface area contributed by atoms with E-state index in [1.54, 1.807) is 0 Å². The second-order valence-corrected chi connectivity index (χ2v) is 5.68. The molecule has 0 aromatic carbocycles. The molecule has 0 bridgehead atoms. The molecule has 2 saturated heterocycles. The maximum Gasteiger partial charge on any atom is 0.118 e. The van der Waals surface area contributed by atoms with Gasteiger partial charge in [-0.3, -0.25) is 4.90 Å². The number of rotatable bonds is 1. The summed E-state index contributed by atoms with van der Waals surface area (Å²) in [4.78, 5) is 2.45. The zero-order valence-electron chi connectivity index (χ0n) is 7.17. The van der Waals surface area contributed by atoms with Crippen molar-refractivity contribution in [3.8, 4) is 0 Å². The lowest BCUT2D eigenvalue weighted by molar-refractivity contribution is 0.000208. The third-order valence-corrected chi connectivity index (χ3v) is 4.61. The molecular weight excluding hydrogens is 158 g/mol. The smallest absolute Gasteiger partial charge is 0.118 e. The summed E-state index contributed by atoms with van der Waals surface area (Å²) in [5.41, 5.74) is 0.495. The molecule has 2 heterocycles. The first-order chi connectivity index (χ1) is 5.11. The molecule has 2 aliphatic heterocycles. The summed E-state index contributed by atoms with van der Waals surface area (Å²) in [6.45, 7) is 6.83. The number of hydrogen-bond acceptors (Lipinski definition) is 2. The third kappa shape index (κ3) is 1.19. The van der Waals surface area contributed by atoms with Crippen molar-refractivity contribution in [2.24, 2.45) is 5.41 Å². The largest absolute Gasteiger partial charge is 0.616 e. The van der Waals surface area contributed by atoms with Crippen molar-refractivity contribution in [2.75, 3.05) is 24.6 Å². The molecule has 1 spiro atoms. The van der Waals surface area contributed by atoms with Crippen LogP contribution < -0.4 is 0 Å². The highest BCUT2D eigenvalue weighted by molar-refractivity contribution is 7.92. The van der Waals surface area contributed by atoms with Gasteiger partial charge in [-0.1, -0.05) is 11.2 Å². The van der Waals surface area contributed by atoms with Gasteiger partial charge in [0, 0.05) is 19.1 Å². The van der Waals surface area contributed by atoms with Gasteiger partial charge in [-0.2, -0.15) is 0 Å². The number of nitrogens with zero attached hydrogens (tertiary/aromatic N) is 1. The van der Waals surface area contributed by atoms with Crippen LogP contribution in [0.3, 0.4) is 0 Å². The minimum atomic E-state index is -0.465. The summed E-state index contributed by atoms with van der Waals surface area (Å²) in [7, 11) is 0. The fourth-order valence-electron chi connectivity index (χ4n) is 2.00. The molecule has 2 fully saturated rings. The second kappa shape index (κ2) is 2.38. The Bertz CT molecular complexity index is 157. The van der Waals surface area contributed by atoms with Gasteiger partial charge in [0.2, 0.25) is 0 Å². The molecule has 0 aliphatic carbocycles. The summed E-state index contributed by atoms with van der Waals surface area (Å²) in [6, 6.07) is 0.676. The Labute approximate surface area is 71.1 Å². The first kappa shape index (κ1) is 7.90. The van der Waals surface area contributed by atoms with Crippen molar-refractivity contribution in [1.82, 2.24) is 4.90 Å². The Kier molecular flexibility index (Phi) is 1.71. The Morgan fingerprint density at radius 3 is 2.27 bits per heavy atom. The van der Waals surface area contributed by atoms with E-state index in [4.69, 9.17) is 0 Å². The average Bonchev–Trinajstić information content (AvgIpc) is 1.73. The van der Waals surface area contributed by atoms with E-state index in [0.717, 1.165) is 11.5 Å². The lowest BCUT2D eigenvalue weighted by Crippen LogP contribution is -2.69. The van der Waals surface area contributed by atoms with Crippen LogP contribution in [0.15, 0.2) is 0 Å². The highest BCUT2D eigenvalue weighted by Gasteiger charge is 2.56. The van der Waals surface area contributed by atoms with E-state index in [1.165, 1.54) is 13.1 Å². The molecule has 64 valence electrons. The molecule has 0 aromatic rings. The van der Waals surface area contributed by atoms with Crippen LogP contribution in [0.1, 0.15) is 13.8 Å². The van der Waals surface area contributed by atoms with Crippen LogP contribution in [0.4, 0.5) is 0 Å². The van der Waals surface area contributed by atoms with E-state index in [-0.39, 0.29) is 0 Å².